The molecule has 1 aromatic heterocycles. The Labute approximate surface area is 117 Å². The number of carbonyl (C=O) groups excluding carboxylic acids is 1. The number of thiocarbonyl (C=S) groups is 1. The Morgan fingerprint density at radius 3 is 2.84 bits per heavy atom. The molecule has 3 N–H and O–H groups in total. The van der Waals surface area contributed by atoms with E-state index < -0.39 is 0 Å². The van der Waals surface area contributed by atoms with E-state index in [2.05, 4.69) is 15.2 Å². The summed E-state index contributed by atoms with van der Waals surface area (Å²) in [5.74, 6) is 0.105. The molecule has 19 heavy (non-hydrogen) atoms. The molecule has 1 aliphatic heterocycles. The Hall–Kier alpha value is -1.47. The summed E-state index contributed by atoms with van der Waals surface area (Å²) in [6, 6.07) is 0.166. The minimum atomic E-state index is -0.192. The highest BCUT2D eigenvalue weighted by molar-refractivity contribution is 7.80. The van der Waals surface area contributed by atoms with Gasteiger partial charge in [0.15, 0.2) is 6.39 Å². The molecule has 2 heterocycles. The number of likely N-dealkylation sites (tertiary alicyclic amines) is 1. The maximum atomic E-state index is 12.0. The van der Waals surface area contributed by atoms with Crippen LogP contribution in [0.1, 0.15) is 29.1 Å². The molecule has 0 aromatic carbocycles. The van der Waals surface area contributed by atoms with Crippen LogP contribution in [0.4, 0.5) is 0 Å². The van der Waals surface area contributed by atoms with E-state index in [-0.39, 0.29) is 11.9 Å². The number of aryl methyl sites for hydroxylation is 1. The van der Waals surface area contributed by atoms with E-state index >= 15 is 0 Å². The lowest BCUT2D eigenvalue weighted by molar-refractivity contribution is 0.0886. The van der Waals surface area contributed by atoms with Crippen LogP contribution in [0.3, 0.4) is 0 Å². The third-order valence-corrected chi connectivity index (χ3v) is 3.38. The van der Waals surface area contributed by atoms with Crippen LogP contribution < -0.4 is 11.1 Å². The molecular weight excluding hydrogens is 264 g/mol. The number of nitrogens with zero attached hydrogens (tertiary/aromatic N) is 2. The maximum absolute atomic E-state index is 12.0. The summed E-state index contributed by atoms with van der Waals surface area (Å²) in [7, 11) is 0. The predicted octanol–water partition coefficient (Wildman–Crippen LogP) is 0.463. The highest BCUT2D eigenvalue weighted by Gasteiger charge is 2.23. The van der Waals surface area contributed by atoms with Gasteiger partial charge in [-0.25, -0.2) is 4.98 Å². The van der Waals surface area contributed by atoms with Crippen molar-refractivity contribution in [2.24, 2.45) is 5.73 Å². The van der Waals surface area contributed by atoms with Crippen LogP contribution in [-0.2, 0) is 0 Å². The van der Waals surface area contributed by atoms with Crippen molar-refractivity contribution in [1.82, 2.24) is 15.2 Å². The number of nitrogens with two attached hydrogens (primary N) is 1. The number of nitrogens with one attached hydrogen (secondary N) is 1. The van der Waals surface area contributed by atoms with Gasteiger partial charge >= 0.3 is 0 Å². The zero-order valence-corrected chi connectivity index (χ0v) is 11.7. The highest BCUT2D eigenvalue weighted by Crippen LogP contribution is 2.12. The minimum absolute atomic E-state index is 0.166. The quantitative estimate of drug-likeness (QED) is 0.781. The maximum Gasteiger partial charge on any atom is 0.289 e. The Balaban J connectivity index is 1.81. The van der Waals surface area contributed by atoms with Crippen LogP contribution in [0.2, 0.25) is 0 Å². The van der Waals surface area contributed by atoms with Crippen molar-refractivity contribution in [2.45, 2.75) is 25.8 Å². The molecule has 0 radical (unpaired) electrons. The van der Waals surface area contributed by atoms with Gasteiger partial charge in [-0.15, -0.1) is 0 Å². The van der Waals surface area contributed by atoms with E-state index in [9.17, 15) is 4.79 Å². The number of hydrogen-bond acceptors (Lipinski definition) is 5. The van der Waals surface area contributed by atoms with Crippen molar-refractivity contribution in [3.63, 3.8) is 0 Å². The van der Waals surface area contributed by atoms with Gasteiger partial charge in [-0.3, -0.25) is 9.69 Å². The van der Waals surface area contributed by atoms with E-state index in [0.717, 1.165) is 25.9 Å². The first kappa shape index (κ1) is 14.0. The molecule has 0 saturated carbocycles. The van der Waals surface area contributed by atoms with Crippen molar-refractivity contribution in [3.05, 3.63) is 17.8 Å². The van der Waals surface area contributed by atoms with E-state index in [1.54, 1.807) is 6.92 Å². The number of carbonyl (C=O) groups is 1. The molecule has 104 valence electrons. The van der Waals surface area contributed by atoms with Crippen LogP contribution in [0.5, 0.6) is 0 Å². The summed E-state index contributed by atoms with van der Waals surface area (Å²) in [4.78, 5) is 18.6. The van der Waals surface area contributed by atoms with Crippen molar-refractivity contribution in [2.75, 3.05) is 19.6 Å². The second-order valence-corrected chi connectivity index (χ2v) is 5.28. The molecule has 1 aliphatic rings. The van der Waals surface area contributed by atoms with Crippen molar-refractivity contribution in [1.29, 1.82) is 0 Å². The van der Waals surface area contributed by atoms with Gasteiger partial charge in [0, 0.05) is 25.7 Å². The number of amides is 1. The second kappa shape index (κ2) is 6.12. The van der Waals surface area contributed by atoms with Crippen LogP contribution in [0.15, 0.2) is 10.8 Å². The molecule has 6 nitrogen and oxygen atoms in total. The van der Waals surface area contributed by atoms with Gasteiger partial charge in [-0.2, -0.15) is 0 Å². The molecule has 1 saturated heterocycles. The topological polar surface area (TPSA) is 84.4 Å². The zero-order chi connectivity index (χ0) is 13.8. The van der Waals surface area contributed by atoms with Crippen LogP contribution in [0, 0.1) is 6.92 Å². The molecule has 1 fully saturated rings. The first-order valence-electron chi connectivity index (χ1n) is 6.28. The number of aromatic nitrogens is 1. The summed E-state index contributed by atoms with van der Waals surface area (Å²) >= 11 is 4.89. The molecule has 0 unspecified atom stereocenters. The zero-order valence-electron chi connectivity index (χ0n) is 10.9. The minimum Gasteiger partial charge on any atom is -0.438 e. The number of piperidine rings is 1. The van der Waals surface area contributed by atoms with Gasteiger partial charge in [-0.1, -0.05) is 12.2 Å². The lowest BCUT2D eigenvalue weighted by Gasteiger charge is -2.31. The Morgan fingerprint density at radius 1 is 1.63 bits per heavy atom. The first-order chi connectivity index (χ1) is 9.06. The van der Waals surface area contributed by atoms with Gasteiger partial charge in [0.2, 0.25) is 5.76 Å². The van der Waals surface area contributed by atoms with Gasteiger partial charge in [0.05, 0.1) is 10.7 Å². The SMILES string of the molecule is Cc1ncoc1C(=O)NC1CCN(CC(N)=S)CC1. The van der Waals surface area contributed by atoms with E-state index in [1.165, 1.54) is 6.39 Å². The fourth-order valence-corrected chi connectivity index (χ4v) is 2.41. The Kier molecular flexibility index (Phi) is 4.49. The number of oxazole rings is 1. The monoisotopic (exact) mass is 282 g/mol. The normalized spacial score (nSPS) is 17.3. The van der Waals surface area contributed by atoms with E-state index in [0.29, 0.717) is 23.0 Å². The summed E-state index contributed by atoms with van der Waals surface area (Å²) in [6.07, 6.45) is 3.07. The predicted molar refractivity (Wildman–Crippen MR) is 75.0 cm³/mol. The molecule has 0 spiro atoms. The fourth-order valence-electron chi connectivity index (χ4n) is 2.23. The van der Waals surface area contributed by atoms with Gasteiger partial charge < -0.3 is 15.5 Å². The Morgan fingerprint density at radius 2 is 2.32 bits per heavy atom. The molecule has 1 amide bonds. The average molecular weight is 282 g/mol. The summed E-state index contributed by atoms with van der Waals surface area (Å²) in [5.41, 5.74) is 6.13. The highest BCUT2D eigenvalue weighted by atomic mass is 32.1. The van der Waals surface area contributed by atoms with E-state index in [1.807, 2.05) is 0 Å². The van der Waals surface area contributed by atoms with Gasteiger partial charge in [-0.05, 0) is 19.8 Å². The molecule has 0 bridgehead atoms. The van der Waals surface area contributed by atoms with E-state index in [4.69, 9.17) is 22.4 Å². The summed E-state index contributed by atoms with van der Waals surface area (Å²) in [6.45, 7) is 4.18. The number of hydrogen-bond donors (Lipinski definition) is 2. The van der Waals surface area contributed by atoms with Gasteiger partial charge in [0.25, 0.3) is 5.91 Å². The Bertz CT molecular complexity index is 466. The molecular formula is C12H18N4O2S. The van der Waals surface area contributed by atoms with Crippen molar-refractivity contribution in [3.8, 4) is 0 Å². The molecule has 2 rings (SSSR count). The second-order valence-electron chi connectivity index (χ2n) is 4.76. The third-order valence-electron chi connectivity index (χ3n) is 3.25. The van der Waals surface area contributed by atoms with Gasteiger partial charge in [0.1, 0.15) is 0 Å². The van der Waals surface area contributed by atoms with Crippen molar-refractivity contribution >= 4 is 23.1 Å². The lowest BCUT2D eigenvalue weighted by atomic mass is 10.0. The first-order valence-corrected chi connectivity index (χ1v) is 6.68. The lowest BCUT2D eigenvalue weighted by Crippen LogP contribution is -2.46. The number of rotatable bonds is 4. The van der Waals surface area contributed by atoms with Crippen LogP contribution in [-0.4, -0.2) is 46.5 Å². The third kappa shape index (κ3) is 3.74. The smallest absolute Gasteiger partial charge is 0.289 e. The summed E-state index contributed by atoms with van der Waals surface area (Å²) in [5, 5.41) is 2.97. The van der Waals surface area contributed by atoms with Crippen LogP contribution >= 0.6 is 12.2 Å². The molecule has 7 heteroatoms. The average Bonchev–Trinajstić information content (AvgIpc) is 2.77. The standard InChI is InChI=1S/C12H18N4O2S/c1-8-11(18-7-14-8)12(17)15-9-2-4-16(5-3-9)6-10(13)19/h7,9H,2-6H2,1H3,(H2,13,19)(H,15,17). The van der Waals surface area contributed by atoms with Crippen molar-refractivity contribution < 1.29 is 9.21 Å². The summed E-state index contributed by atoms with van der Waals surface area (Å²) < 4.78 is 5.07. The fraction of sp³-hybridized carbons (Fsp3) is 0.583. The molecule has 1 aromatic rings. The largest absolute Gasteiger partial charge is 0.438 e. The van der Waals surface area contributed by atoms with Crippen LogP contribution in [0.25, 0.3) is 0 Å². The molecule has 0 aliphatic carbocycles. The molecule has 0 atom stereocenters.